The molecule has 0 atom stereocenters. The van der Waals surface area contributed by atoms with Crippen molar-refractivity contribution in [2.45, 2.75) is 6.18 Å². The van der Waals surface area contributed by atoms with Crippen molar-refractivity contribution in [1.82, 2.24) is 14.8 Å². The summed E-state index contributed by atoms with van der Waals surface area (Å²) < 4.78 is 44.4. The van der Waals surface area contributed by atoms with E-state index in [1.807, 2.05) is 0 Å². The second-order valence-corrected chi connectivity index (χ2v) is 4.72. The van der Waals surface area contributed by atoms with Crippen LogP contribution in [0.3, 0.4) is 0 Å². The summed E-state index contributed by atoms with van der Waals surface area (Å²) >= 11 is 0. The van der Waals surface area contributed by atoms with Crippen molar-refractivity contribution in [2.75, 3.05) is 7.11 Å². The summed E-state index contributed by atoms with van der Waals surface area (Å²) in [6.07, 6.45) is -1.08. The average molecular weight is 321 g/mol. The highest BCUT2D eigenvalue weighted by Crippen LogP contribution is 2.30. The smallest absolute Gasteiger partial charge is 0.417 e. The minimum absolute atomic E-state index is 0.150. The summed E-state index contributed by atoms with van der Waals surface area (Å²) in [7, 11) is 1.25. The van der Waals surface area contributed by atoms with Gasteiger partial charge in [0.2, 0.25) is 0 Å². The number of benzene rings is 1. The summed E-state index contributed by atoms with van der Waals surface area (Å²) in [4.78, 5) is 15.4. The van der Waals surface area contributed by atoms with Crippen LogP contribution in [0.2, 0.25) is 0 Å². The number of aromatic nitrogens is 3. The first-order chi connectivity index (χ1) is 10.9. The van der Waals surface area contributed by atoms with Crippen LogP contribution in [0.1, 0.15) is 15.9 Å². The van der Waals surface area contributed by atoms with Gasteiger partial charge in [0.25, 0.3) is 0 Å². The normalized spacial score (nSPS) is 11.7. The van der Waals surface area contributed by atoms with Gasteiger partial charge in [-0.25, -0.2) is 9.48 Å². The van der Waals surface area contributed by atoms with Gasteiger partial charge in [-0.3, -0.25) is 4.98 Å². The summed E-state index contributed by atoms with van der Waals surface area (Å²) in [5.74, 6) is -0.544. The van der Waals surface area contributed by atoms with Crippen molar-refractivity contribution >= 4 is 16.9 Å². The molecule has 0 saturated carbocycles. The van der Waals surface area contributed by atoms with E-state index in [2.05, 4.69) is 14.8 Å². The molecule has 2 heterocycles. The third-order valence-corrected chi connectivity index (χ3v) is 3.31. The molecule has 3 aromatic rings. The van der Waals surface area contributed by atoms with Gasteiger partial charge in [0, 0.05) is 11.6 Å². The van der Waals surface area contributed by atoms with Gasteiger partial charge in [-0.2, -0.15) is 18.3 Å². The molecule has 8 heteroatoms. The van der Waals surface area contributed by atoms with Crippen LogP contribution in [0.25, 0.3) is 16.6 Å². The number of carbonyl (C=O) groups excluding carboxylic acids is 1. The zero-order chi connectivity index (χ0) is 16.6. The monoisotopic (exact) mass is 321 g/mol. The number of nitrogens with zero attached hydrogens (tertiary/aromatic N) is 3. The van der Waals surface area contributed by atoms with Crippen LogP contribution in [0.4, 0.5) is 13.2 Å². The van der Waals surface area contributed by atoms with Crippen molar-refractivity contribution in [3.63, 3.8) is 0 Å². The van der Waals surface area contributed by atoms with Crippen LogP contribution in [-0.2, 0) is 10.9 Å². The molecule has 0 saturated heterocycles. The Morgan fingerprint density at radius 1 is 1.22 bits per heavy atom. The lowest BCUT2D eigenvalue weighted by molar-refractivity contribution is -0.137. The fourth-order valence-corrected chi connectivity index (χ4v) is 2.24. The largest absolute Gasteiger partial charge is 0.465 e. The molecule has 118 valence electrons. The van der Waals surface area contributed by atoms with E-state index in [1.165, 1.54) is 24.2 Å². The van der Waals surface area contributed by atoms with Crippen molar-refractivity contribution in [1.29, 1.82) is 0 Å². The third-order valence-electron chi connectivity index (χ3n) is 3.31. The second-order valence-electron chi connectivity index (χ2n) is 4.72. The summed E-state index contributed by atoms with van der Waals surface area (Å²) in [5, 5.41) is 4.55. The number of methoxy groups -OCH3 is 1. The summed E-state index contributed by atoms with van der Waals surface area (Å²) in [6, 6.07) is 5.76. The molecule has 2 aromatic heterocycles. The molecular weight excluding hydrogens is 311 g/mol. The highest BCUT2D eigenvalue weighted by atomic mass is 19.4. The topological polar surface area (TPSA) is 57.0 Å². The number of alkyl halides is 3. The number of esters is 1. The Kier molecular flexibility index (Phi) is 3.51. The van der Waals surface area contributed by atoms with E-state index in [9.17, 15) is 18.0 Å². The molecule has 0 aliphatic rings. The quantitative estimate of drug-likeness (QED) is 0.680. The molecule has 1 aromatic carbocycles. The number of carbonyl (C=O) groups is 1. The Morgan fingerprint density at radius 3 is 2.70 bits per heavy atom. The molecule has 0 spiro atoms. The first-order valence-corrected chi connectivity index (χ1v) is 6.49. The van der Waals surface area contributed by atoms with Gasteiger partial charge in [-0.05, 0) is 18.2 Å². The van der Waals surface area contributed by atoms with Crippen LogP contribution in [0, 0.1) is 0 Å². The van der Waals surface area contributed by atoms with E-state index in [-0.39, 0.29) is 11.3 Å². The number of halogens is 3. The van der Waals surface area contributed by atoms with Crippen LogP contribution in [0.15, 0.2) is 42.9 Å². The standard InChI is InChI=1S/C15H10F3N3O2/c1-23-14(22)11-3-2-4-13-12(11)8-20-21(13)10-5-9(6-19-7-10)15(16,17)18/h2-8H,1H3. The zero-order valence-corrected chi connectivity index (χ0v) is 11.8. The number of hydrogen-bond donors (Lipinski definition) is 0. The molecule has 0 amide bonds. The molecule has 0 unspecified atom stereocenters. The minimum Gasteiger partial charge on any atom is -0.465 e. The van der Waals surface area contributed by atoms with E-state index in [0.717, 1.165) is 12.3 Å². The predicted octanol–water partition coefficient (Wildman–Crippen LogP) is 3.23. The molecule has 0 N–H and O–H groups in total. The molecule has 0 radical (unpaired) electrons. The maximum atomic E-state index is 12.8. The molecule has 0 aliphatic heterocycles. The molecular formula is C15H10F3N3O2. The van der Waals surface area contributed by atoms with Crippen LogP contribution in [-0.4, -0.2) is 27.8 Å². The van der Waals surface area contributed by atoms with Crippen LogP contribution < -0.4 is 0 Å². The highest BCUT2D eigenvalue weighted by Gasteiger charge is 2.31. The SMILES string of the molecule is COC(=O)c1cccc2c1cnn2-c1cncc(C(F)(F)F)c1. The Balaban J connectivity index is 2.17. The molecule has 23 heavy (non-hydrogen) atoms. The number of hydrogen-bond acceptors (Lipinski definition) is 4. The summed E-state index contributed by atoms with van der Waals surface area (Å²) in [5.41, 5.74) is 0.0461. The summed E-state index contributed by atoms with van der Waals surface area (Å²) in [6.45, 7) is 0. The number of rotatable bonds is 2. The number of pyridine rings is 1. The zero-order valence-electron chi connectivity index (χ0n) is 11.8. The van der Waals surface area contributed by atoms with Gasteiger partial charge in [-0.1, -0.05) is 6.07 Å². The van der Waals surface area contributed by atoms with Gasteiger partial charge in [-0.15, -0.1) is 0 Å². The van der Waals surface area contributed by atoms with Crippen LogP contribution >= 0.6 is 0 Å². The lowest BCUT2D eigenvalue weighted by atomic mass is 10.1. The maximum absolute atomic E-state index is 12.8. The Bertz CT molecular complexity index is 887. The van der Waals surface area contributed by atoms with E-state index >= 15 is 0 Å². The lowest BCUT2D eigenvalue weighted by Crippen LogP contribution is -2.07. The van der Waals surface area contributed by atoms with E-state index in [0.29, 0.717) is 10.9 Å². The van der Waals surface area contributed by atoms with Gasteiger partial charge in [0.05, 0.1) is 41.8 Å². The Morgan fingerprint density at radius 2 is 2.00 bits per heavy atom. The van der Waals surface area contributed by atoms with Gasteiger partial charge < -0.3 is 4.74 Å². The first kappa shape index (κ1) is 15.0. The molecule has 5 nitrogen and oxygen atoms in total. The van der Waals surface area contributed by atoms with Crippen molar-refractivity contribution < 1.29 is 22.7 Å². The average Bonchev–Trinajstić information content (AvgIpc) is 2.97. The predicted molar refractivity (Wildman–Crippen MR) is 75.2 cm³/mol. The molecule has 0 bridgehead atoms. The lowest BCUT2D eigenvalue weighted by Gasteiger charge is -2.09. The van der Waals surface area contributed by atoms with Gasteiger partial charge in [0.15, 0.2) is 0 Å². The maximum Gasteiger partial charge on any atom is 0.417 e. The minimum atomic E-state index is -4.50. The van der Waals surface area contributed by atoms with Crippen molar-refractivity contribution in [2.24, 2.45) is 0 Å². The van der Waals surface area contributed by atoms with Crippen LogP contribution in [0.5, 0.6) is 0 Å². The van der Waals surface area contributed by atoms with Gasteiger partial charge >= 0.3 is 12.1 Å². The van der Waals surface area contributed by atoms with E-state index in [4.69, 9.17) is 0 Å². The molecule has 0 aliphatic carbocycles. The Labute approximate surface area is 128 Å². The van der Waals surface area contributed by atoms with Crippen molar-refractivity contribution in [3.05, 3.63) is 54.0 Å². The third kappa shape index (κ3) is 2.63. The fourth-order valence-electron chi connectivity index (χ4n) is 2.24. The van der Waals surface area contributed by atoms with E-state index < -0.39 is 17.7 Å². The molecule has 0 fully saturated rings. The van der Waals surface area contributed by atoms with Gasteiger partial charge in [0.1, 0.15) is 0 Å². The van der Waals surface area contributed by atoms with Crippen molar-refractivity contribution in [3.8, 4) is 5.69 Å². The molecule has 3 rings (SSSR count). The Hall–Kier alpha value is -2.90. The number of fused-ring (bicyclic) bond motifs is 1. The fraction of sp³-hybridized carbons (Fsp3) is 0.133. The highest BCUT2D eigenvalue weighted by molar-refractivity contribution is 6.03. The second kappa shape index (κ2) is 5.38. The van der Waals surface area contributed by atoms with E-state index in [1.54, 1.807) is 18.2 Å². The first-order valence-electron chi connectivity index (χ1n) is 6.49. The number of ether oxygens (including phenoxy) is 1.